The summed E-state index contributed by atoms with van der Waals surface area (Å²) in [4.78, 5) is 53.6. The van der Waals surface area contributed by atoms with Gasteiger partial charge in [-0.2, -0.15) is 13.2 Å². The molecule has 0 aliphatic heterocycles. The van der Waals surface area contributed by atoms with Gasteiger partial charge in [0.25, 0.3) is 0 Å². The van der Waals surface area contributed by atoms with E-state index in [1.54, 1.807) is 43.3 Å². The summed E-state index contributed by atoms with van der Waals surface area (Å²) in [6.07, 6.45) is -0.856. The molecular formula is C44H45F3O6. The third-order valence-electron chi connectivity index (χ3n) is 10.1. The minimum absolute atomic E-state index is 0.0418. The van der Waals surface area contributed by atoms with Crippen molar-refractivity contribution in [2.45, 2.75) is 83.7 Å². The van der Waals surface area contributed by atoms with E-state index in [0.29, 0.717) is 59.9 Å². The Morgan fingerprint density at radius 1 is 0.849 bits per heavy atom. The lowest BCUT2D eigenvalue weighted by Gasteiger charge is -2.27. The zero-order valence-corrected chi connectivity index (χ0v) is 30.4. The fourth-order valence-corrected chi connectivity index (χ4v) is 7.20. The fraction of sp³-hybridized carbons (Fsp3) is 0.364. The predicted octanol–water partition coefficient (Wildman–Crippen LogP) is 9.73. The first kappa shape index (κ1) is 39.2. The van der Waals surface area contributed by atoms with Gasteiger partial charge in [0, 0.05) is 23.5 Å². The minimum Gasteiger partial charge on any atom is -0.465 e. The van der Waals surface area contributed by atoms with Crippen molar-refractivity contribution in [2.75, 3.05) is 13.2 Å². The van der Waals surface area contributed by atoms with E-state index in [1.165, 1.54) is 12.1 Å². The molecule has 1 aliphatic rings. The highest BCUT2D eigenvalue weighted by molar-refractivity contribution is 6.02. The topological polar surface area (TPSA) is 86.7 Å². The summed E-state index contributed by atoms with van der Waals surface area (Å²) in [5.74, 6) is -1.38. The van der Waals surface area contributed by atoms with Gasteiger partial charge in [0.2, 0.25) is 0 Å². The van der Waals surface area contributed by atoms with Crippen molar-refractivity contribution in [3.63, 3.8) is 0 Å². The number of esters is 2. The van der Waals surface area contributed by atoms with E-state index in [-0.39, 0.29) is 43.5 Å². The number of ether oxygens (including phenoxy) is 2. The summed E-state index contributed by atoms with van der Waals surface area (Å²) < 4.78 is 50.5. The van der Waals surface area contributed by atoms with Crippen molar-refractivity contribution in [2.24, 2.45) is 5.92 Å². The number of hydrogen-bond donors (Lipinski definition) is 0. The molecule has 0 radical (unpaired) electrons. The summed E-state index contributed by atoms with van der Waals surface area (Å²) in [5.41, 5.74) is 3.36. The molecule has 0 fully saturated rings. The molecule has 6 nitrogen and oxygen atoms in total. The highest BCUT2D eigenvalue weighted by Gasteiger charge is 2.47. The summed E-state index contributed by atoms with van der Waals surface area (Å²) in [6.45, 7) is 5.70. The van der Waals surface area contributed by atoms with E-state index in [2.05, 4.69) is 0 Å². The van der Waals surface area contributed by atoms with Gasteiger partial charge >= 0.3 is 18.1 Å². The largest absolute Gasteiger partial charge is 0.465 e. The number of carbonyl (C=O) groups is 4. The molecule has 0 bridgehead atoms. The van der Waals surface area contributed by atoms with Crippen LogP contribution in [0.2, 0.25) is 0 Å². The average molecular weight is 727 g/mol. The van der Waals surface area contributed by atoms with Crippen LogP contribution in [0.5, 0.6) is 0 Å². The summed E-state index contributed by atoms with van der Waals surface area (Å²) in [6, 6.07) is 24.6. The molecule has 0 heterocycles. The van der Waals surface area contributed by atoms with E-state index >= 15 is 0 Å². The van der Waals surface area contributed by atoms with Gasteiger partial charge in [0.1, 0.15) is 12.0 Å². The molecule has 0 saturated carbocycles. The molecule has 4 aromatic carbocycles. The van der Waals surface area contributed by atoms with Crippen molar-refractivity contribution in [3.8, 4) is 11.1 Å². The van der Waals surface area contributed by atoms with Crippen LogP contribution in [0.25, 0.3) is 11.1 Å². The first-order chi connectivity index (χ1) is 25.4. The van der Waals surface area contributed by atoms with Crippen LogP contribution in [0.4, 0.5) is 13.2 Å². The maximum Gasteiger partial charge on any atom is 0.416 e. The monoisotopic (exact) mass is 726 g/mol. The van der Waals surface area contributed by atoms with Gasteiger partial charge in [-0.15, -0.1) is 0 Å². The second kappa shape index (κ2) is 17.2. The van der Waals surface area contributed by atoms with Crippen LogP contribution in [0, 0.1) is 5.92 Å². The Labute approximate surface area is 308 Å². The van der Waals surface area contributed by atoms with Crippen molar-refractivity contribution in [3.05, 3.63) is 130 Å². The smallest absolute Gasteiger partial charge is 0.416 e. The molecule has 53 heavy (non-hydrogen) atoms. The summed E-state index contributed by atoms with van der Waals surface area (Å²) in [7, 11) is 0. The zero-order valence-electron chi connectivity index (χ0n) is 30.4. The van der Waals surface area contributed by atoms with Crippen molar-refractivity contribution >= 4 is 23.5 Å². The Morgan fingerprint density at radius 3 is 2.28 bits per heavy atom. The Bertz CT molecular complexity index is 1950. The van der Waals surface area contributed by atoms with E-state index in [1.807, 2.05) is 44.2 Å². The van der Waals surface area contributed by atoms with Crippen LogP contribution in [-0.2, 0) is 49.9 Å². The number of Topliss-reactive ketones (excluding diaryl/α,β-unsaturated/α-hetero) is 2. The molecule has 0 amide bonds. The highest BCUT2D eigenvalue weighted by Crippen LogP contribution is 2.40. The second-order valence-electron chi connectivity index (χ2n) is 13.7. The molecule has 0 N–H and O–H groups in total. The van der Waals surface area contributed by atoms with E-state index in [4.69, 9.17) is 9.47 Å². The number of alkyl halides is 3. The van der Waals surface area contributed by atoms with E-state index in [9.17, 15) is 32.3 Å². The third-order valence-corrected chi connectivity index (χ3v) is 10.1. The van der Waals surface area contributed by atoms with Crippen molar-refractivity contribution in [1.82, 2.24) is 0 Å². The lowest BCUT2D eigenvalue weighted by Crippen LogP contribution is -2.41. The van der Waals surface area contributed by atoms with Gasteiger partial charge in [-0.3, -0.25) is 19.2 Å². The molecule has 2 unspecified atom stereocenters. The van der Waals surface area contributed by atoms with Crippen LogP contribution in [-0.4, -0.2) is 36.7 Å². The van der Waals surface area contributed by atoms with Gasteiger partial charge < -0.3 is 9.47 Å². The number of halogens is 3. The molecule has 1 aliphatic carbocycles. The summed E-state index contributed by atoms with van der Waals surface area (Å²) >= 11 is 0. The van der Waals surface area contributed by atoms with Crippen molar-refractivity contribution < 1.29 is 41.8 Å². The quantitative estimate of drug-likeness (QED) is 0.0845. The maximum atomic E-state index is 13.7. The number of benzene rings is 4. The van der Waals surface area contributed by atoms with Gasteiger partial charge in [-0.1, -0.05) is 93.1 Å². The van der Waals surface area contributed by atoms with Crippen LogP contribution in [0.3, 0.4) is 0 Å². The third kappa shape index (κ3) is 9.13. The SMILES string of the molecule is CCCC(C)C(=O)c1cc(CC(=O)OCC2(C(=O)OCC)CCc3ccccc32)ccc1CCCC(=O)c1ccccc1-c1ccc(C(F)(F)F)cc1. The number of hydrogen-bond acceptors (Lipinski definition) is 6. The Morgan fingerprint density at radius 2 is 1.57 bits per heavy atom. The van der Waals surface area contributed by atoms with Crippen LogP contribution in [0.15, 0.2) is 91.0 Å². The van der Waals surface area contributed by atoms with E-state index < -0.39 is 29.1 Å². The molecular weight excluding hydrogens is 681 g/mol. The van der Waals surface area contributed by atoms with Crippen LogP contribution >= 0.6 is 0 Å². The molecule has 2 atom stereocenters. The zero-order chi connectivity index (χ0) is 38.2. The Balaban J connectivity index is 1.29. The molecule has 4 aromatic rings. The van der Waals surface area contributed by atoms with Gasteiger partial charge in [-0.05, 0) is 90.6 Å². The first-order valence-electron chi connectivity index (χ1n) is 18.2. The number of carbonyl (C=O) groups excluding carboxylic acids is 4. The molecule has 5 rings (SSSR count). The number of rotatable bonds is 16. The first-order valence-corrected chi connectivity index (χ1v) is 18.2. The maximum absolute atomic E-state index is 13.7. The fourth-order valence-electron chi connectivity index (χ4n) is 7.20. The Kier molecular flexibility index (Phi) is 12.7. The average Bonchev–Trinajstić information content (AvgIpc) is 3.54. The molecule has 0 saturated heterocycles. The van der Waals surface area contributed by atoms with Crippen LogP contribution in [0.1, 0.15) is 101 Å². The normalized spacial score (nSPS) is 15.7. The van der Waals surface area contributed by atoms with Gasteiger partial charge in [-0.25, -0.2) is 0 Å². The standard InChI is InChI=1S/C44H45F3O6/c1-4-11-29(3)41(50)37-26-30(27-40(49)53-28-43(42(51)52-5-2)25-24-33-12-6-9-16-38(33)43)18-19-31(37)13-10-17-39(48)36-15-8-7-14-35(36)32-20-22-34(23-21-32)44(45,46)47/h6-9,12,14-16,18-23,26,29H,4-5,10-11,13,17,24-25,27-28H2,1-3H3. The summed E-state index contributed by atoms with van der Waals surface area (Å²) in [5, 5.41) is 0. The number of ketones is 2. The lowest BCUT2D eigenvalue weighted by atomic mass is 9.82. The van der Waals surface area contributed by atoms with Crippen LogP contribution < -0.4 is 0 Å². The molecule has 9 heteroatoms. The second-order valence-corrected chi connectivity index (χ2v) is 13.7. The predicted molar refractivity (Wildman–Crippen MR) is 197 cm³/mol. The van der Waals surface area contributed by atoms with Crippen molar-refractivity contribution in [1.29, 1.82) is 0 Å². The molecule has 0 spiro atoms. The number of fused-ring (bicyclic) bond motifs is 1. The van der Waals surface area contributed by atoms with Gasteiger partial charge in [0.15, 0.2) is 11.6 Å². The minimum atomic E-state index is -4.46. The molecule has 0 aromatic heterocycles. The molecule has 278 valence electrons. The van der Waals surface area contributed by atoms with E-state index in [0.717, 1.165) is 35.2 Å². The van der Waals surface area contributed by atoms with Gasteiger partial charge in [0.05, 0.1) is 18.6 Å². The number of aryl methyl sites for hydroxylation is 2. The Hall–Kier alpha value is -5.05. The lowest BCUT2D eigenvalue weighted by molar-refractivity contribution is -0.157. The highest BCUT2D eigenvalue weighted by atomic mass is 19.4.